The van der Waals surface area contributed by atoms with Crippen molar-refractivity contribution in [1.82, 2.24) is 0 Å². The second kappa shape index (κ2) is 68.6. The molecule has 0 aromatic rings. The van der Waals surface area contributed by atoms with E-state index in [2.05, 4.69) is 130 Å². The lowest BCUT2D eigenvalue weighted by molar-refractivity contribution is -0.167. The highest BCUT2D eigenvalue weighted by Crippen LogP contribution is 2.17. The van der Waals surface area contributed by atoms with Crippen LogP contribution in [0, 0.1) is 0 Å². The Kier molecular flexibility index (Phi) is 65.2. The molecular weight excluding hydrogens is 997 g/mol. The lowest BCUT2D eigenvalue weighted by Crippen LogP contribution is -2.30. The van der Waals surface area contributed by atoms with Gasteiger partial charge in [-0.2, -0.15) is 0 Å². The first-order valence-corrected chi connectivity index (χ1v) is 34.4. The van der Waals surface area contributed by atoms with Crippen LogP contribution in [0.1, 0.15) is 329 Å². The van der Waals surface area contributed by atoms with Crippen molar-refractivity contribution in [2.45, 2.75) is 335 Å². The first-order valence-electron chi connectivity index (χ1n) is 34.4. The molecule has 0 fully saturated rings. The molecule has 0 rings (SSSR count). The second-order valence-corrected chi connectivity index (χ2v) is 22.7. The zero-order valence-electron chi connectivity index (χ0n) is 53.3. The van der Waals surface area contributed by atoms with E-state index in [4.69, 9.17) is 14.2 Å². The smallest absolute Gasteiger partial charge is 0.306 e. The molecule has 0 aliphatic carbocycles. The molecule has 0 aromatic heterocycles. The van der Waals surface area contributed by atoms with Crippen molar-refractivity contribution >= 4 is 17.9 Å². The highest BCUT2D eigenvalue weighted by atomic mass is 16.6. The molecule has 0 radical (unpaired) electrons. The molecule has 81 heavy (non-hydrogen) atoms. The fourth-order valence-corrected chi connectivity index (χ4v) is 9.63. The van der Waals surface area contributed by atoms with Gasteiger partial charge in [-0.3, -0.25) is 14.4 Å². The van der Waals surface area contributed by atoms with Crippen molar-refractivity contribution in [2.24, 2.45) is 0 Å². The average molecular weight is 1130 g/mol. The Morgan fingerprint density at radius 3 is 0.753 bits per heavy atom. The van der Waals surface area contributed by atoms with Gasteiger partial charge in [0.15, 0.2) is 6.10 Å². The van der Waals surface area contributed by atoms with E-state index < -0.39 is 6.10 Å². The maximum Gasteiger partial charge on any atom is 0.306 e. The van der Waals surface area contributed by atoms with Gasteiger partial charge in [-0.05, 0) is 109 Å². The van der Waals surface area contributed by atoms with Crippen LogP contribution in [0.3, 0.4) is 0 Å². The van der Waals surface area contributed by atoms with E-state index in [0.29, 0.717) is 19.3 Å². The Balaban J connectivity index is 4.14. The molecular formula is C75H128O6. The van der Waals surface area contributed by atoms with Crippen LogP contribution in [0.25, 0.3) is 0 Å². The number of unbranched alkanes of at least 4 members (excludes halogenated alkanes) is 33. The van der Waals surface area contributed by atoms with Gasteiger partial charge in [-0.25, -0.2) is 0 Å². The van der Waals surface area contributed by atoms with Crippen LogP contribution in [-0.4, -0.2) is 37.2 Å². The van der Waals surface area contributed by atoms with Gasteiger partial charge < -0.3 is 14.2 Å². The van der Waals surface area contributed by atoms with E-state index in [1.54, 1.807) is 0 Å². The molecule has 0 aliphatic heterocycles. The summed E-state index contributed by atoms with van der Waals surface area (Å²) in [5.74, 6) is -0.901. The fourth-order valence-electron chi connectivity index (χ4n) is 9.63. The summed E-state index contributed by atoms with van der Waals surface area (Å²) in [6, 6.07) is 0. The Morgan fingerprint density at radius 2 is 0.481 bits per heavy atom. The molecule has 0 bridgehead atoms. The van der Waals surface area contributed by atoms with Gasteiger partial charge in [0.25, 0.3) is 0 Å². The van der Waals surface area contributed by atoms with Crippen LogP contribution in [0.2, 0.25) is 0 Å². The lowest BCUT2D eigenvalue weighted by Gasteiger charge is -2.18. The summed E-state index contributed by atoms with van der Waals surface area (Å²) in [6.45, 7) is 6.48. The summed E-state index contributed by atoms with van der Waals surface area (Å²) in [4.78, 5) is 38.2. The molecule has 1 unspecified atom stereocenters. The van der Waals surface area contributed by atoms with E-state index in [0.717, 1.165) is 128 Å². The van der Waals surface area contributed by atoms with Crippen molar-refractivity contribution in [3.05, 3.63) is 109 Å². The molecule has 0 amide bonds. The number of carbonyl (C=O) groups excluding carboxylic acids is 3. The van der Waals surface area contributed by atoms with E-state index in [1.165, 1.54) is 161 Å². The molecule has 6 nitrogen and oxygen atoms in total. The summed E-state index contributed by atoms with van der Waals surface area (Å²) in [5.41, 5.74) is 0. The van der Waals surface area contributed by atoms with Crippen molar-refractivity contribution in [1.29, 1.82) is 0 Å². The van der Waals surface area contributed by atoms with Gasteiger partial charge in [-0.15, -0.1) is 0 Å². The van der Waals surface area contributed by atoms with E-state index >= 15 is 0 Å². The first kappa shape index (κ1) is 77.1. The van der Waals surface area contributed by atoms with Gasteiger partial charge in [0.2, 0.25) is 0 Å². The Hall–Kier alpha value is -3.93. The molecule has 0 saturated heterocycles. The number of allylic oxidation sites excluding steroid dienone is 18. The number of hydrogen-bond donors (Lipinski definition) is 0. The van der Waals surface area contributed by atoms with Crippen molar-refractivity contribution in [3.63, 3.8) is 0 Å². The minimum Gasteiger partial charge on any atom is -0.462 e. The zero-order valence-corrected chi connectivity index (χ0v) is 53.3. The van der Waals surface area contributed by atoms with Crippen LogP contribution < -0.4 is 0 Å². The summed E-state index contributed by atoms with van der Waals surface area (Å²) < 4.78 is 16.9. The highest BCUT2D eigenvalue weighted by molar-refractivity contribution is 5.71. The zero-order chi connectivity index (χ0) is 58.5. The van der Waals surface area contributed by atoms with Gasteiger partial charge in [0.1, 0.15) is 13.2 Å². The number of carbonyl (C=O) groups is 3. The van der Waals surface area contributed by atoms with Crippen molar-refractivity contribution < 1.29 is 28.6 Å². The Morgan fingerprint density at radius 1 is 0.259 bits per heavy atom. The molecule has 464 valence electrons. The van der Waals surface area contributed by atoms with Crippen LogP contribution in [0.4, 0.5) is 0 Å². The summed E-state index contributed by atoms with van der Waals surface area (Å²) >= 11 is 0. The molecule has 0 saturated carbocycles. The third-order valence-electron chi connectivity index (χ3n) is 14.8. The Bertz CT molecular complexity index is 1620. The van der Waals surface area contributed by atoms with Crippen molar-refractivity contribution in [2.75, 3.05) is 13.2 Å². The highest BCUT2D eigenvalue weighted by Gasteiger charge is 2.19. The summed E-state index contributed by atoms with van der Waals surface area (Å²) in [7, 11) is 0. The third kappa shape index (κ3) is 66.8. The minimum absolute atomic E-state index is 0.0841. The monoisotopic (exact) mass is 1120 g/mol. The van der Waals surface area contributed by atoms with Crippen LogP contribution in [-0.2, 0) is 28.6 Å². The SMILES string of the molecule is CC/C=C\C/C=C\C/C=C\C/C=C\C/C=C\C/C=C\C/C=C\CCCCCCCC(=O)OC(COC(=O)CCCCCCCCC)COC(=O)CCCCCCCCCCCCCCCCCCC/C=C\C/C=C\CCCCCCC. The number of rotatable bonds is 62. The molecule has 1 atom stereocenters. The number of esters is 3. The number of ether oxygens (including phenoxy) is 3. The quantitative estimate of drug-likeness (QED) is 0.0261. The summed E-state index contributed by atoms with van der Waals surface area (Å²) in [5, 5.41) is 0. The van der Waals surface area contributed by atoms with Gasteiger partial charge in [0, 0.05) is 19.3 Å². The van der Waals surface area contributed by atoms with Gasteiger partial charge >= 0.3 is 17.9 Å². The lowest BCUT2D eigenvalue weighted by atomic mass is 10.0. The first-order chi connectivity index (χ1) is 40.0. The Labute approximate surface area is 501 Å². The van der Waals surface area contributed by atoms with E-state index in [1.807, 2.05) is 0 Å². The maximum atomic E-state index is 12.9. The number of hydrogen-bond acceptors (Lipinski definition) is 6. The third-order valence-corrected chi connectivity index (χ3v) is 14.8. The molecule has 0 aliphatic rings. The predicted octanol–water partition coefficient (Wildman–Crippen LogP) is 23.8. The fraction of sp³-hybridized carbons (Fsp3) is 0.720. The maximum absolute atomic E-state index is 12.9. The molecule has 0 N–H and O–H groups in total. The predicted molar refractivity (Wildman–Crippen MR) is 353 cm³/mol. The van der Waals surface area contributed by atoms with E-state index in [9.17, 15) is 14.4 Å². The second-order valence-electron chi connectivity index (χ2n) is 22.7. The van der Waals surface area contributed by atoms with Crippen LogP contribution in [0.15, 0.2) is 109 Å². The normalized spacial score (nSPS) is 12.8. The van der Waals surface area contributed by atoms with Crippen molar-refractivity contribution in [3.8, 4) is 0 Å². The minimum atomic E-state index is -0.788. The molecule has 0 heterocycles. The largest absolute Gasteiger partial charge is 0.462 e. The summed E-state index contributed by atoms with van der Waals surface area (Å²) in [6.07, 6.45) is 94.2. The molecule has 0 aromatic carbocycles. The van der Waals surface area contributed by atoms with Gasteiger partial charge in [0.05, 0.1) is 0 Å². The topological polar surface area (TPSA) is 78.9 Å². The van der Waals surface area contributed by atoms with Crippen LogP contribution >= 0.6 is 0 Å². The molecule has 6 heteroatoms. The van der Waals surface area contributed by atoms with Crippen LogP contribution in [0.5, 0.6) is 0 Å². The average Bonchev–Trinajstić information content (AvgIpc) is 3.46. The van der Waals surface area contributed by atoms with Gasteiger partial charge in [-0.1, -0.05) is 310 Å². The standard InChI is InChI=1S/C75H128O6/c1-4-7-10-13-16-18-20-22-24-26-28-30-32-34-36-37-39-40-42-44-46-48-50-52-54-56-59-62-65-68-74(77)80-71-72(70-79-73(76)67-64-61-58-15-12-9-6-3)81-75(78)69-66-63-60-57-55-53-51-49-47-45-43-41-38-35-33-31-29-27-25-23-21-19-17-14-11-8-5-2/h8,11,17,19-20,22-23,25-26,28-29,31,35,38,43,45,49,51,72H,4-7,9-10,12-16,18,21,24,27,30,32-34,36-37,39-42,44,46-48,50,52-71H2,1-3H3/b11-8-,19-17-,22-20-,25-23-,28-26-,31-29-,38-35-,45-43-,51-49-. The van der Waals surface area contributed by atoms with E-state index in [-0.39, 0.29) is 31.1 Å². The molecule has 0 spiro atoms.